The van der Waals surface area contributed by atoms with Crippen molar-refractivity contribution in [2.24, 2.45) is 5.73 Å². The van der Waals surface area contributed by atoms with Crippen LogP contribution < -0.4 is 10.5 Å². The van der Waals surface area contributed by atoms with Crippen LogP contribution in [-0.4, -0.2) is 13.6 Å². The average molecular weight is 287 g/mol. The van der Waals surface area contributed by atoms with Crippen LogP contribution in [0.25, 0.3) is 0 Å². The molecule has 0 aliphatic rings. The van der Waals surface area contributed by atoms with Crippen LogP contribution in [-0.2, 0) is 16.6 Å². The topological polar surface area (TPSA) is 98.2 Å². The molecule has 6 nitrogen and oxygen atoms in total. The molecule has 8 heteroatoms. The Morgan fingerprint density at radius 1 is 1.44 bits per heavy atom. The van der Waals surface area contributed by atoms with E-state index >= 15 is 0 Å². The first-order valence-corrected chi connectivity index (χ1v) is 7.48. The van der Waals surface area contributed by atoms with Crippen LogP contribution in [0.2, 0.25) is 0 Å². The first kappa shape index (κ1) is 13.1. The van der Waals surface area contributed by atoms with Crippen molar-refractivity contribution in [3.63, 3.8) is 0 Å². The van der Waals surface area contributed by atoms with Crippen LogP contribution in [0.5, 0.6) is 0 Å². The van der Waals surface area contributed by atoms with Gasteiger partial charge in [-0.15, -0.1) is 11.3 Å². The Morgan fingerprint density at radius 3 is 2.67 bits per heavy atom. The predicted octanol–water partition coefficient (Wildman–Crippen LogP) is 1.61. The van der Waals surface area contributed by atoms with Gasteiger partial charge in [-0.3, -0.25) is 0 Å². The summed E-state index contributed by atoms with van der Waals surface area (Å²) in [6.07, 6.45) is 0. The molecule has 0 aromatic carbocycles. The molecule has 2 aromatic heterocycles. The fourth-order valence-electron chi connectivity index (χ4n) is 1.30. The molecule has 0 saturated heterocycles. The van der Waals surface area contributed by atoms with Gasteiger partial charge in [-0.05, 0) is 26.0 Å². The van der Waals surface area contributed by atoms with E-state index in [0.717, 1.165) is 16.2 Å². The van der Waals surface area contributed by atoms with E-state index in [9.17, 15) is 8.42 Å². The van der Waals surface area contributed by atoms with Gasteiger partial charge in [0.1, 0.15) is 4.21 Å². The number of hydrogen-bond acceptors (Lipinski definition) is 6. The van der Waals surface area contributed by atoms with Crippen molar-refractivity contribution in [3.05, 3.63) is 28.3 Å². The molecule has 0 aliphatic carbocycles. The number of nitrogens with two attached hydrogens (primary N) is 1. The number of aryl methyl sites for hydroxylation is 1. The number of anilines is 1. The van der Waals surface area contributed by atoms with Gasteiger partial charge in [0.2, 0.25) is 5.88 Å². The molecule has 0 spiro atoms. The van der Waals surface area contributed by atoms with E-state index < -0.39 is 10.0 Å². The van der Waals surface area contributed by atoms with Gasteiger partial charge in [-0.2, -0.15) is 0 Å². The molecule has 2 heterocycles. The van der Waals surface area contributed by atoms with Gasteiger partial charge in [-0.25, -0.2) is 13.1 Å². The van der Waals surface area contributed by atoms with Crippen LogP contribution in [0.15, 0.2) is 20.9 Å². The van der Waals surface area contributed by atoms with Crippen molar-refractivity contribution < 1.29 is 12.9 Å². The molecule has 0 aliphatic heterocycles. The highest BCUT2D eigenvalue weighted by Crippen LogP contribution is 2.25. The van der Waals surface area contributed by atoms with Crippen LogP contribution in [0.3, 0.4) is 0 Å². The molecule has 2 aromatic rings. The maximum Gasteiger partial charge on any atom is 0.273 e. The number of rotatable bonds is 4. The van der Waals surface area contributed by atoms with Crippen molar-refractivity contribution in [2.75, 3.05) is 4.72 Å². The fourth-order valence-corrected chi connectivity index (χ4v) is 3.58. The smallest absolute Gasteiger partial charge is 0.273 e. The van der Waals surface area contributed by atoms with Gasteiger partial charge in [0, 0.05) is 17.0 Å². The Morgan fingerprint density at radius 2 is 2.17 bits per heavy atom. The second kappa shape index (κ2) is 4.71. The lowest BCUT2D eigenvalue weighted by Gasteiger charge is -2.02. The largest absolute Gasteiger partial charge is 0.337 e. The number of nitrogens with one attached hydrogen (secondary N) is 1. The maximum absolute atomic E-state index is 12.1. The molecule has 0 saturated carbocycles. The summed E-state index contributed by atoms with van der Waals surface area (Å²) in [4.78, 5) is 0.806. The molecule has 2 rings (SSSR count). The Kier molecular flexibility index (Phi) is 3.42. The zero-order chi connectivity index (χ0) is 13.3. The first-order chi connectivity index (χ1) is 8.44. The third-order valence-electron chi connectivity index (χ3n) is 2.49. The van der Waals surface area contributed by atoms with Crippen molar-refractivity contribution in [3.8, 4) is 0 Å². The normalized spacial score (nSPS) is 11.7. The molecule has 0 radical (unpaired) electrons. The molecule has 18 heavy (non-hydrogen) atoms. The molecule has 98 valence electrons. The van der Waals surface area contributed by atoms with E-state index in [0.29, 0.717) is 17.8 Å². The van der Waals surface area contributed by atoms with Crippen LogP contribution >= 0.6 is 11.3 Å². The summed E-state index contributed by atoms with van der Waals surface area (Å²) in [5.41, 5.74) is 6.78. The summed E-state index contributed by atoms with van der Waals surface area (Å²) < 4.78 is 31.6. The number of thiophene rings is 1. The molecule has 0 unspecified atom stereocenters. The monoisotopic (exact) mass is 287 g/mol. The summed E-state index contributed by atoms with van der Waals surface area (Å²) in [6.45, 7) is 3.80. The summed E-state index contributed by atoms with van der Waals surface area (Å²) in [5, 5.41) is 3.70. The molecular weight excluding hydrogens is 274 g/mol. The summed E-state index contributed by atoms with van der Waals surface area (Å²) in [6, 6.07) is 3.21. The highest BCUT2D eigenvalue weighted by atomic mass is 32.2. The molecule has 0 atom stereocenters. The van der Waals surface area contributed by atoms with Gasteiger partial charge in [0.15, 0.2) is 0 Å². The third-order valence-corrected chi connectivity index (χ3v) is 5.42. The Hall–Kier alpha value is -1.38. The summed E-state index contributed by atoms with van der Waals surface area (Å²) in [7, 11) is -3.63. The minimum atomic E-state index is -3.63. The van der Waals surface area contributed by atoms with Gasteiger partial charge < -0.3 is 10.3 Å². The number of hydrogen-bond donors (Lipinski definition) is 2. The molecule has 0 bridgehead atoms. The predicted molar refractivity (Wildman–Crippen MR) is 69.0 cm³/mol. The fraction of sp³-hybridized carbons (Fsp3) is 0.300. The SMILES string of the molecule is Cc1noc(NS(=O)(=O)c2ccc(CN)s2)c1C. The second-order valence-corrected chi connectivity index (χ2v) is 6.83. The molecule has 0 amide bonds. The Balaban J connectivity index is 2.30. The molecule has 3 N–H and O–H groups in total. The lowest BCUT2D eigenvalue weighted by atomic mass is 10.3. The van der Waals surface area contributed by atoms with E-state index in [1.54, 1.807) is 19.9 Å². The number of aromatic nitrogens is 1. The van der Waals surface area contributed by atoms with E-state index in [1.807, 2.05) is 0 Å². The minimum absolute atomic E-state index is 0.148. The third kappa shape index (κ3) is 2.40. The zero-order valence-electron chi connectivity index (χ0n) is 9.93. The summed E-state index contributed by atoms with van der Waals surface area (Å²) in [5.74, 6) is 0.148. The van der Waals surface area contributed by atoms with Crippen molar-refractivity contribution in [1.82, 2.24) is 5.16 Å². The number of nitrogens with zero attached hydrogens (tertiary/aromatic N) is 1. The summed E-state index contributed by atoms with van der Waals surface area (Å²) >= 11 is 1.13. The minimum Gasteiger partial charge on any atom is -0.337 e. The standard InChI is InChI=1S/C10H13N3O3S2/c1-6-7(2)12-16-10(6)13-18(14,15)9-4-3-8(5-11)17-9/h3-4,13H,5,11H2,1-2H3. The van der Waals surface area contributed by atoms with Crippen LogP contribution in [0.4, 0.5) is 5.88 Å². The van der Waals surface area contributed by atoms with E-state index in [1.165, 1.54) is 6.07 Å². The van der Waals surface area contributed by atoms with Crippen LogP contribution in [0, 0.1) is 13.8 Å². The lowest BCUT2D eigenvalue weighted by molar-refractivity contribution is 0.430. The zero-order valence-corrected chi connectivity index (χ0v) is 11.6. The van der Waals surface area contributed by atoms with Crippen molar-refractivity contribution in [2.45, 2.75) is 24.6 Å². The second-order valence-electron chi connectivity index (χ2n) is 3.75. The van der Waals surface area contributed by atoms with Gasteiger partial charge in [0.25, 0.3) is 10.0 Å². The quantitative estimate of drug-likeness (QED) is 0.890. The average Bonchev–Trinajstić information content (AvgIpc) is 2.91. The van der Waals surface area contributed by atoms with E-state index in [4.69, 9.17) is 10.3 Å². The van der Waals surface area contributed by atoms with E-state index in [2.05, 4.69) is 9.88 Å². The van der Waals surface area contributed by atoms with Gasteiger partial charge in [-0.1, -0.05) is 5.16 Å². The molecular formula is C10H13N3O3S2. The maximum atomic E-state index is 12.1. The van der Waals surface area contributed by atoms with E-state index in [-0.39, 0.29) is 10.1 Å². The Bertz CT molecular complexity index is 658. The van der Waals surface area contributed by atoms with Crippen molar-refractivity contribution in [1.29, 1.82) is 0 Å². The van der Waals surface area contributed by atoms with Gasteiger partial charge >= 0.3 is 0 Å². The highest BCUT2D eigenvalue weighted by Gasteiger charge is 2.20. The first-order valence-electron chi connectivity index (χ1n) is 5.18. The van der Waals surface area contributed by atoms with Gasteiger partial charge in [0.05, 0.1) is 5.69 Å². The van der Waals surface area contributed by atoms with Crippen LogP contribution in [0.1, 0.15) is 16.1 Å². The Labute approximate surface area is 109 Å². The molecule has 0 fully saturated rings. The number of sulfonamides is 1. The highest BCUT2D eigenvalue weighted by molar-refractivity contribution is 7.94. The van der Waals surface area contributed by atoms with Crippen molar-refractivity contribution >= 4 is 27.2 Å². The lowest BCUT2D eigenvalue weighted by Crippen LogP contribution is -2.11.